The molecule has 0 aliphatic heterocycles. The van der Waals surface area contributed by atoms with Gasteiger partial charge in [0.05, 0.1) is 12.4 Å². The standard InChI is InChI=1S/C14H12N8O3S/c1-21-8-9(6-17-21)12-13-19-14(20-22(13)5-4-15-12)18-11-3-2-10(7-16-11)26(23,24)25/h2-8H,1H3,(H,16,18,20)(H,23,24,25). The topological polar surface area (TPSA) is 140 Å². The van der Waals surface area contributed by atoms with Crippen LogP contribution in [0.1, 0.15) is 0 Å². The van der Waals surface area contributed by atoms with Crippen LogP contribution < -0.4 is 5.32 Å². The van der Waals surface area contributed by atoms with Crippen molar-refractivity contribution in [2.24, 2.45) is 7.05 Å². The van der Waals surface area contributed by atoms with Gasteiger partial charge in [0.1, 0.15) is 16.4 Å². The van der Waals surface area contributed by atoms with Gasteiger partial charge in [0.2, 0.25) is 5.95 Å². The van der Waals surface area contributed by atoms with E-state index in [9.17, 15) is 8.42 Å². The van der Waals surface area contributed by atoms with Crippen LogP contribution in [0.3, 0.4) is 0 Å². The van der Waals surface area contributed by atoms with Crippen molar-refractivity contribution in [2.75, 3.05) is 5.32 Å². The van der Waals surface area contributed by atoms with Gasteiger partial charge in [0.15, 0.2) is 5.65 Å². The van der Waals surface area contributed by atoms with Gasteiger partial charge in [-0.25, -0.2) is 9.50 Å². The molecule has 4 heterocycles. The number of pyridine rings is 1. The molecule has 4 aromatic rings. The molecule has 4 aromatic heterocycles. The second-order valence-electron chi connectivity index (χ2n) is 5.36. The SMILES string of the molecule is Cn1cc(-c2nccn3nc(Nc4ccc(S(=O)(=O)O)cn4)nc23)cn1. The van der Waals surface area contributed by atoms with Crippen molar-refractivity contribution in [2.45, 2.75) is 4.90 Å². The predicted octanol–water partition coefficient (Wildman–Crippen LogP) is 0.910. The second-order valence-corrected chi connectivity index (χ2v) is 6.78. The first-order chi connectivity index (χ1) is 12.4. The number of anilines is 2. The third kappa shape index (κ3) is 2.98. The maximum Gasteiger partial charge on any atom is 0.296 e. The van der Waals surface area contributed by atoms with Gasteiger partial charge in [0.25, 0.3) is 10.1 Å². The summed E-state index contributed by atoms with van der Waals surface area (Å²) in [5.41, 5.74) is 1.95. The van der Waals surface area contributed by atoms with E-state index in [0.717, 1.165) is 11.8 Å². The van der Waals surface area contributed by atoms with E-state index in [0.29, 0.717) is 17.2 Å². The van der Waals surface area contributed by atoms with E-state index in [1.165, 1.54) is 12.1 Å². The third-order valence-electron chi connectivity index (χ3n) is 3.51. The summed E-state index contributed by atoms with van der Waals surface area (Å²) in [6, 6.07) is 2.62. The lowest BCUT2D eigenvalue weighted by Gasteiger charge is -2.01. The van der Waals surface area contributed by atoms with E-state index < -0.39 is 10.1 Å². The number of rotatable bonds is 4. The van der Waals surface area contributed by atoms with Gasteiger partial charge in [-0.1, -0.05) is 0 Å². The Morgan fingerprint density at radius 2 is 2.04 bits per heavy atom. The number of hydrogen-bond donors (Lipinski definition) is 2. The maximum absolute atomic E-state index is 11.0. The van der Waals surface area contributed by atoms with E-state index in [1.807, 2.05) is 13.2 Å². The molecular formula is C14H12N8O3S. The molecular weight excluding hydrogens is 360 g/mol. The summed E-state index contributed by atoms with van der Waals surface area (Å²) in [4.78, 5) is 12.4. The highest BCUT2D eigenvalue weighted by atomic mass is 32.2. The van der Waals surface area contributed by atoms with Crippen LogP contribution in [0, 0.1) is 0 Å². The van der Waals surface area contributed by atoms with Crippen LogP contribution in [0.4, 0.5) is 11.8 Å². The minimum atomic E-state index is -4.29. The van der Waals surface area contributed by atoms with Crippen molar-refractivity contribution in [3.05, 3.63) is 43.1 Å². The summed E-state index contributed by atoms with van der Waals surface area (Å²) in [5.74, 6) is 0.583. The highest BCUT2D eigenvalue weighted by molar-refractivity contribution is 7.85. The predicted molar refractivity (Wildman–Crippen MR) is 90.3 cm³/mol. The van der Waals surface area contributed by atoms with Crippen LogP contribution in [0.25, 0.3) is 16.9 Å². The summed E-state index contributed by atoms with van der Waals surface area (Å²) >= 11 is 0. The number of aromatic nitrogens is 7. The summed E-state index contributed by atoms with van der Waals surface area (Å²) in [6.07, 6.45) is 7.80. The Labute approximate surface area is 147 Å². The van der Waals surface area contributed by atoms with Crippen molar-refractivity contribution in [1.29, 1.82) is 0 Å². The molecule has 26 heavy (non-hydrogen) atoms. The van der Waals surface area contributed by atoms with Crippen LogP contribution in [0.15, 0.2) is 48.0 Å². The molecule has 0 amide bonds. The Hall–Kier alpha value is -3.38. The van der Waals surface area contributed by atoms with Gasteiger partial charge in [0, 0.05) is 31.2 Å². The lowest BCUT2D eigenvalue weighted by molar-refractivity contribution is 0.483. The van der Waals surface area contributed by atoms with E-state index >= 15 is 0 Å². The van der Waals surface area contributed by atoms with Crippen LogP contribution in [0.2, 0.25) is 0 Å². The first-order valence-corrected chi connectivity index (χ1v) is 8.75. The van der Waals surface area contributed by atoms with Gasteiger partial charge < -0.3 is 5.32 Å². The largest absolute Gasteiger partial charge is 0.307 e. The zero-order valence-electron chi connectivity index (χ0n) is 13.3. The summed E-state index contributed by atoms with van der Waals surface area (Å²) in [5, 5.41) is 11.3. The Morgan fingerprint density at radius 1 is 1.19 bits per heavy atom. The third-order valence-corrected chi connectivity index (χ3v) is 4.34. The molecule has 0 saturated heterocycles. The summed E-state index contributed by atoms with van der Waals surface area (Å²) < 4.78 is 34.3. The second kappa shape index (κ2) is 5.86. The van der Waals surface area contributed by atoms with Gasteiger partial charge in [-0.2, -0.15) is 18.5 Å². The minimum absolute atomic E-state index is 0.259. The molecule has 12 heteroatoms. The van der Waals surface area contributed by atoms with Gasteiger partial charge >= 0.3 is 0 Å². The van der Waals surface area contributed by atoms with E-state index in [-0.39, 0.29) is 10.8 Å². The molecule has 0 bridgehead atoms. The number of hydrogen-bond acceptors (Lipinski definition) is 8. The number of nitrogens with one attached hydrogen (secondary N) is 1. The highest BCUT2D eigenvalue weighted by Crippen LogP contribution is 2.22. The monoisotopic (exact) mass is 372 g/mol. The van der Waals surface area contributed by atoms with Crippen LogP contribution in [-0.2, 0) is 17.2 Å². The summed E-state index contributed by atoms with van der Waals surface area (Å²) in [6.45, 7) is 0. The average molecular weight is 372 g/mol. The first kappa shape index (κ1) is 16.1. The van der Waals surface area contributed by atoms with E-state index in [4.69, 9.17) is 4.55 Å². The van der Waals surface area contributed by atoms with Crippen molar-refractivity contribution in [3.8, 4) is 11.3 Å². The molecule has 4 rings (SSSR count). The molecule has 11 nitrogen and oxygen atoms in total. The molecule has 132 valence electrons. The molecule has 0 radical (unpaired) electrons. The quantitative estimate of drug-likeness (QED) is 0.500. The lowest BCUT2D eigenvalue weighted by atomic mass is 10.2. The Balaban J connectivity index is 1.68. The van der Waals surface area contributed by atoms with Crippen molar-refractivity contribution < 1.29 is 13.0 Å². The molecule has 0 fully saturated rings. The fourth-order valence-electron chi connectivity index (χ4n) is 2.34. The average Bonchev–Trinajstić information content (AvgIpc) is 3.19. The normalized spacial score (nSPS) is 11.8. The van der Waals surface area contributed by atoms with Crippen molar-refractivity contribution in [3.63, 3.8) is 0 Å². The molecule has 2 N–H and O–H groups in total. The molecule has 0 spiro atoms. The van der Waals surface area contributed by atoms with Gasteiger partial charge in [-0.3, -0.25) is 14.2 Å². The lowest BCUT2D eigenvalue weighted by Crippen LogP contribution is -2.01. The fraction of sp³-hybridized carbons (Fsp3) is 0.0714. The van der Waals surface area contributed by atoms with E-state index in [2.05, 4.69) is 30.5 Å². The van der Waals surface area contributed by atoms with Crippen LogP contribution >= 0.6 is 0 Å². The van der Waals surface area contributed by atoms with Gasteiger partial charge in [-0.15, -0.1) is 5.10 Å². The molecule has 0 saturated carbocycles. The Kier molecular flexibility index (Phi) is 3.63. The number of fused-ring (bicyclic) bond motifs is 1. The molecule has 0 aliphatic carbocycles. The molecule has 0 aliphatic rings. The maximum atomic E-state index is 11.0. The number of aryl methyl sites for hydroxylation is 1. The van der Waals surface area contributed by atoms with Crippen molar-refractivity contribution in [1.82, 2.24) is 34.3 Å². The fourth-order valence-corrected chi connectivity index (χ4v) is 2.76. The molecule has 0 unspecified atom stereocenters. The van der Waals surface area contributed by atoms with Crippen LogP contribution in [0.5, 0.6) is 0 Å². The highest BCUT2D eigenvalue weighted by Gasteiger charge is 2.14. The number of nitrogens with zero attached hydrogens (tertiary/aromatic N) is 7. The zero-order valence-corrected chi connectivity index (χ0v) is 14.2. The minimum Gasteiger partial charge on any atom is -0.307 e. The Bertz CT molecular complexity index is 1200. The van der Waals surface area contributed by atoms with Gasteiger partial charge in [-0.05, 0) is 12.1 Å². The van der Waals surface area contributed by atoms with Crippen molar-refractivity contribution >= 4 is 27.5 Å². The summed E-state index contributed by atoms with van der Waals surface area (Å²) in [7, 11) is -2.48. The molecule has 0 atom stereocenters. The van der Waals surface area contributed by atoms with E-state index in [1.54, 1.807) is 27.8 Å². The Morgan fingerprint density at radius 3 is 2.69 bits per heavy atom. The molecule has 0 aromatic carbocycles. The smallest absolute Gasteiger partial charge is 0.296 e. The zero-order chi connectivity index (χ0) is 18.3. The first-order valence-electron chi connectivity index (χ1n) is 7.31. The van der Waals surface area contributed by atoms with Crippen LogP contribution in [-0.4, -0.2) is 47.3 Å².